The number of hydrogen-bond acceptors (Lipinski definition) is 7. The molecule has 2 heterocycles. The van der Waals surface area contributed by atoms with E-state index in [1.54, 1.807) is 55.4 Å². The van der Waals surface area contributed by atoms with Gasteiger partial charge in [0.05, 0.1) is 13.1 Å². The summed E-state index contributed by atoms with van der Waals surface area (Å²) in [6.45, 7) is 6.27. The van der Waals surface area contributed by atoms with Crippen LogP contribution < -0.4 is 5.73 Å². The SMILES string of the molecule is CN(C(=O)OC(C)(C)C)[C@@H](CCCC(Cc1ccccc1)OC(N)=O)C(=O)N(Cc1cccs1)Cc1cccs1. The molecule has 0 spiro atoms. The number of carbonyl (C=O) groups excluding carboxylic acids is 3. The van der Waals surface area contributed by atoms with E-state index in [0.29, 0.717) is 38.8 Å². The Labute approximate surface area is 244 Å². The third-order valence-corrected chi connectivity index (χ3v) is 7.91. The van der Waals surface area contributed by atoms with Gasteiger partial charge in [-0.3, -0.25) is 9.69 Å². The summed E-state index contributed by atoms with van der Waals surface area (Å²) in [7, 11) is 1.60. The average Bonchev–Trinajstić information content (AvgIpc) is 3.59. The van der Waals surface area contributed by atoms with Crippen LogP contribution in [0.5, 0.6) is 0 Å². The van der Waals surface area contributed by atoms with E-state index in [9.17, 15) is 14.4 Å². The molecular formula is C30H39N3O5S2. The number of likely N-dealkylation sites (N-methyl/N-ethyl adjacent to an activating group) is 1. The summed E-state index contributed by atoms with van der Waals surface area (Å²) >= 11 is 3.18. The molecule has 2 N–H and O–H groups in total. The summed E-state index contributed by atoms with van der Waals surface area (Å²) in [5.74, 6) is -0.161. The first-order valence-electron chi connectivity index (χ1n) is 13.3. The molecule has 8 nitrogen and oxygen atoms in total. The van der Waals surface area contributed by atoms with Gasteiger partial charge in [0.25, 0.3) is 0 Å². The summed E-state index contributed by atoms with van der Waals surface area (Å²) in [5.41, 5.74) is 5.67. The number of rotatable bonds is 13. The highest BCUT2D eigenvalue weighted by Crippen LogP contribution is 2.23. The molecule has 216 valence electrons. The zero-order valence-corrected chi connectivity index (χ0v) is 25.2. The average molecular weight is 586 g/mol. The summed E-state index contributed by atoms with van der Waals surface area (Å²) in [6.07, 6.45) is 0.0426. The quantitative estimate of drug-likeness (QED) is 0.248. The highest BCUT2D eigenvalue weighted by molar-refractivity contribution is 7.10. The molecule has 3 amide bonds. The van der Waals surface area contributed by atoms with Crippen molar-refractivity contribution in [3.05, 3.63) is 80.7 Å². The first-order valence-corrected chi connectivity index (χ1v) is 15.1. The number of nitrogens with two attached hydrogens (primary N) is 1. The second-order valence-corrected chi connectivity index (χ2v) is 12.7. The maximum Gasteiger partial charge on any atom is 0.410 e. The smallest absolute Gasteiger partial charge is 0.410 e. The van der Waals surface area contributed by atoms with Gasteiger partial charge in [0.2, 0.25) is 5.91 Å². The van der Waals surface area contributed by atoms with Crippen molar-refractivity contribution in [1.29, 1.82) is 0 Å². The molecule has 40 heavy (non-hydrogen) atoms. The third kappa shape index (κ3) is 10.3. The first kappa shape index (κ1) is 31.2. The molecule has 0 fully saturated rings. The van der Waals surface area contributed by atoms with Crippen LogP contribution in [-0.2, 0) is 33.8 Å². The van der Waals surface area contributed by atoms with Crippen molar-refractivity contribution in [1.82, 2.24) is 9.80 Å². The maximum atomic E-state index is 14.1. The molecule has 2 aromatic heterocycles. The van der Waals surface area contributed by atoms with Crippen LogP contribution in [0.2, 0.25) is 0 Å². The number of benzene rings is 1. The van der Waals surface area contributed by atoms with Crippen LogP contribution in [0.4, 0.5) is 9.59 Å². The third-order valence-electron chi connectivity index (χ3n) is 6.19. The van der Waals surface area contributed by atoms with Crippen molar-refractivity contribution >= 4 is 40.8 Å². The maximum absolute atomic E-state index is 14.1. The lowest BCUT2D eigenvalue weighted by Crippen LogP contribution is -2.50. The van der Waals surface area contributed by atoms with E-state index in [2.05, 4.69) is 0 Å². The van der Waals surface area contributed by atoms with Crippen LogP contribution in [-0.4, -0.2) is 52.7 Å². The second-order valence-electron chi connectivity index (χ2n) is 10.6. The lowest BCUT2D eigenvalue weighted by atomic mass is 10.00. The lowest BCUT2D eigenvalue weighted by molar-refractivity contribution is -0.138. The van der Waals surface area contributed by atoms with E-state index in [0.717, 1.165) is 15.3 Å². The van der Waals surface area contributed by atoms with Gasteiger partial charge in [-0.2, -0.15) is 0 Å². The van der Waals surface area contributed by atoms with E-state index >= 15 is 0 Å². The van der Waals surface area contributed by atoms with Crippen molar-refractivity contribution in [2.75, 3.05) is 7.05 Å². The van der Waals surface area contributed by atoms with Gasteiger partial charge in [0.1, 0.15) is 17.7 Å². The van der Waals surface area contributed by atoms with Gasteiger partial charge in [0.15, 0.2) is 0 Å². The van der Waals surface area contributed by atoms with Gasteiger partial charge in [-0.05, 0) is 68.5 Å². The summed E-state index contributed by atoms with van der Waals surface area (Å²) in [4.78, 5) is 44.1. The molecule has 0 saturated heterocycles. The molecule has 10 heteroatoms. The number of primary amides is 1. The number of ether oxygens (including phenoxy) is 2. The fraction of sp³-hybridized carbons (Fsp3) is 0.433. The lowest BCUT2D eigenvalue weighted by Gasteiger charge is -2.34. The van der Waals surface area contributed by atoms with Crippen LogP contribution in [0.3, 0.4) is 0 Å². The van der Waals surface area contributed by atoms with Crippen LogP contribution in [0.1, 0.15) is 55.4 Å². The monoisotopic (exact) mass is 585 g/mol. The first-order chi connectivity index (χ1) is 19.0. The molecular weight excluding hydrogens is 546 g/mol. The van der Waals surface area contributed by atoms with Crippen LogP contribution in [0.15, 0.2) is 65.4 Å². The Balaban J connectivity index is 1.80. The number of amides is 3. The van der Waals surface area contributed by atoms with Gasteiger partial charge < -0.3 is 20.1 Å². The van der Waals surface area contributed by atoms with E-state index in [1.165, 1.54) is 4.90 Å². The topological polar surface area (TPSA) is 102 Å². The molecule has 0 aliphatic rings. The summed E-state index contributed by atoms with van der Waals surface area (Å²) in [6, 6.07) is 16.9. The number of hydrogen-bond donors (Lipinski definition) is 1. The largest absolute Gasteiger partial charge is 0.446 e. The molecule has 0 bridgehead atoms. The highest BCUT2D eigenvalue weighted by Gasteiger charge is 2.33. The van der Waals surface area contributed by atoms with E-state index in [4.69, 9.17) is 15.2 Å². The predicted molar refractivity (Wildman–Crippen MR) is 159 cm³/mol. The number of nitrogens with zero attached hydrogens (tertiary/aromatic N) is 2. The molecule has 3 rings (SSSR count). The Kier molecular flexibility index (Phi) is 11.6. The highest BCUT2D eigenvalue weighted by atomic mass is 32.1. The molecule has 1 unspecified atom stereocenters. The molecule has 1 aromatic carbocycles. The van der Waals surface area contributed by atoms with Crippen molar-refractivity contribution < 1.29 is 23.9 Å². The van der Waals surface area contributed by atoms with Gasteiger partial charge in [-0.25, -0.2) is 9.59 Å². The van der Waals surface area contributed by atoms with E-state index in [-0.39, 0.29) is 5.91 Å². The van der Waals surface area contributed by atoms with Crippen LogP contribution in [0, 0.1) is 0 Å². The van der Waals surface area contributed by atoms with Gasteiger partial charge >= 0.3 is 12.2 Å². The van der Waals surface area contributed by atoms with Crippen LogP contribution >= 0.6 is 22.7 Å². The zero-order chi connectivity index (χ0) is 29.1. The van der Waals surface area contributed by atoms with Crippen molar-refractivity contribution in [3.63, 3.8) is 0 Å². The second kappa shape index (κ2) is 14.9. The Morgan fingerprint density at radius 2 is 1.50 bits per heavy atom. The van der Waals surface area contributed by atoms with E-state index < -0.39 is 29.9 Å². The van der Waals surface area contributed by atoms with Gasteiger partial charge in [0, 0.05) is 23.2 Å². The molecule has 3 aromatic rings. The Morgan fingerprint density at radius 3 is 2.00 bits per heavy atom. The van der Waals surface area contributed by atoms with E-state index in [1.807, 2.05) is 65.4 Å². The fourth-order valence-corrected chi connectivity index (χ4v) is 5.77. The Morgan fingerprint density at radius 1 is 0.900 bits per heavy atom. The van der Waals surface area contributed by atoms with Crippen LogP contribution in [0.25, 0.3) is 0 Å². The number of thiophene rings is 2. The Bertz CT molecular complexity index is 1160. The van der Waals surface area contributed by atoms with Crippen molar-refractivity contribution in [2.45, 2.75) is 77.3 Å². The summed E-state index contributed by atoms with van der Waals surface area (Å²) < 4.78 is 11.0. The molecule has 0 aliphatic heterocycles. The summed E-state index contributed by atoms with van der Waals surface area (Å²) in [5, 5.41) is 3.97. The molecule has 0 radical (unpaired) electrons. The minimum atomic E-state index is -0.836. The van der Waals surface area contributed by atoms with Crippen molar-refractivity contribution in [2.24, 2.45) is 5.73 Å². The Hall–Kier alpha value is -3.37. The standard InChI is InChI=1S/C30H39N3O5S2/c1-30(2,3)38-29(36)32(4)26(16-8-13-23(37-28(31)35)19-22-11-6-5-7-12-22)27(34)33(20-24-14-9-17-39-24)21-25-15-10-18-40-25/h5-7,9-12,14-15,17-18,23,26H,8,13,16,19-21H2,1-4H3,(H2,31,35)/t23?,26-/m0/s1. The molecule has 0 aliphatic carbocycles. The minimum absolute atomic E-state index is 0.161. The van der Waals surface area contributed by atoms with Crippen molar-refractivity contribution in [3.8, 4) is 0 Å². The normalized spacial score (nSPS) is 12.8. The fourth-order valence-electron chi connectivity index (χ4n) is 4.33. The molecule has 2 atom stereocenters. The van der Waals surface area contributed by atoms with Gasteiger partial charge in [-0.15, -0.1) is 22.7 Å². The zero-order valence-electron chi connectivity index (χ0n) is 23.6. The predicted octanol–water partition coefficient (Wildman–Crippen LogP) is 6.45. The molecule has 0 saturated carbocycles. The van der Waals surface area contributed by atoms with Gasteiger partial charge in [-0.1, -0.05) is 42.5 Å². The minimum Gasteiger partial charge on any atom is -0.446 e. The number of carbonyl (C=O) groups is 3.